The summed E-state index contributed by atoms with van der Waals surface area (Å²) in [6.07, 6.45) is 2.95. The maximum Gasteiger partial charge on any atom is 0.319 e. The van der Waals surface area contributed by atoms with Gasteiger partial charge >= 0.3 is 6.03 Å². The number of carbonyl (C=O) groups excluding carboxylic acids is 1. The van der Waals surface area contributed by atoms with E-state index in [-0.39, 0.29) is 12.1 Å². The van der Waals surface area contributed by atoms with Crippen molar-refractivity contribution in [1.82, 2.24) is 10.3 Å². The lowest BCUT2D eigenvalue weighted by Crippen LogP contribution is -2.34. The van der Waals surface area contributed by atoms with Crippen LogP contribution in [0.3, 0.4) is 0 Å². The van der Waals surface area contributed by atoms with Crippen LogP contribution in [0.1, 0.15) is 30.1 Å². The molecular formula is C20H19BrClN3O2. The van der Waals surface area contributed by atoms with Gasteiger partial charge < -0.3 is 20.4 Å². The average Bonchev–Trinajstić information content (AvgIpc) is 3.01. The summed E-state index contributed by atoms with van der Waals surface area (Å²) in [6.45, 7) is 0. The fourth-order valence-corrected chi connectivity index (χ4v) is 4.27. The predicted molar refractivity (Wildman–Crippen MR) is 112 cm³/mol. The largest absolute Gasteiger partial charge is 0.495 e. The van der Waals surface area contributed by atoms with Crippen LogP contribution in [0, 0.1) is 0 Å². The Morgan fingerprint density at radius 1 is 1.30 bits per heavy atom. The number of fused-ring (bicyclic) bond motifs is 3. The number of aromatic amines is 1. The van der Waals surface area contributed by atoms with Gasteiger partial charge in [0, 0.05) is 26.8 Å². The van der Waals surface area contributed by atoms with E-state index in [1.54, 1.807) is 25.3 Å². The average molecular weight is 449 g/mol. The van der Waals surface area contributed by atoms with Crippen molar-refractivity contribution in [3.05, 3.63) is 57.2 Å². The van der Waals surface area contributed by atoms with Gasteiger partial charge in [-0.2, -0.15) is 0 Å². The lowest BCUT2D eigenvalue weighted by Gasteiger charge is -2.24. The van der Waals surface area contributed by atoms with Crippen molar-refractivity contribution in [2.75, 3.05) is 12.4 Å². The number of amides is 2. The number of aryl methyl sites for hydroxylation is 1. The molecular weight excluding hydrogens is 430 g/mol. The Kier molecular flexibility index (Phi) is 5.02. The van der Waals surface area contributed by atoms with E-state index in [1.807, 2.05) is 6.07 Å². The lowest BCUT2D eigenvalue weighted by molar-refractivity contribution is 0.247. The quantitative estimate of drug-likeness (QED) is 0.474. The maximum absolute atomic E-state index is 12.5. The molecule has 5 nitrogen and oxygen atoms in total. The third-order valence-corrected chi connectivity index (χ3v) is 5.67. The van der Waals surface area contributed by atoms with Crippen molar-refractivity contribution in [3.63, 3.8) is 0 Å². The number of carbonyl (C=O) groups is 1. The summed E-state index contributed by atoms with van der Waals surface area (Å²) in [4.78, 5) is 16.0. The van der Waals surface area contributed by atoms with Gasteiger partial charge in [0.15, 0.2) is 0 Å². The fourth-order valence-electron chi connectivity index (χ4n) is 3.65. The fraction of sp³-hybridized carbons (Fsp3) is 0.250. The number of nitrogens with one attached hydrogen (secondary N) is 3. The number of hydrogen-bond acceptors (Lipinski definition) is 2. The van der Waals surface area contributed by atoms with Gasteiger partial charge in [-0.15, -0.1) is 0 Å². The first kappa shape index (κ1) is 18.2. The SMILES string of the molecule is COc1ccc(NC(=O)NC2CCCc3c2[nH]c2ccc(Br)cc32)cc1Cl. The normalized spacial score (nSPS) is 16.0. The van der Waals surface area contributed by atoms with Gasteiger partial charge in [-0.1, -0.05) is 27.5 Å². The Morgan fingerprint density at radius 2 is 2.15 bits per heavy atom. The van der Waals surface area contributed by atoms with Gasteiger partial charge in [0.2, 0.25) is 0 Å². The Morgan fingerprint density at radius 3 is 2.93 bits per heavy atom. The minimum absolute atomic E-state index is 0.0476. The van der Waals surface area contributed by atoms with Crippen LogP contribution in [0.5, 0.6) is 5.75 Å². The number of rotatable bonds is 3. The van der Waals surface area contributed by atoms with Crippen molar-refractivity contribution in [1.29, 1.82) is 0 Å². The van der Waals surface area contributed by atoms with Crippen LogP contribution >= 0.6 is 27.5 Å². The Bertz CT molecular complexity index is 1020. The molecule has 0 spiro atoms. The molecule has 2 aromatic carbocycles. The molecule has 0 saturated carbocycles. The molecule has 1 aliphatic rings. The number of methoxy groups -OCH3 is 1. The molecule has 3 aromatic rings. The molecule has 1 aliphatic carbocycles. The van der Waals surface area contributed by atoms with Gasteiger partial charge in [0.05, 0.1) is 18.2 Å². The van der Waals surface area contributed by atoms with Crippen LogP contribution in [0.2, 0.25) is 5.02 Å². The molecule has 1 aromatic heterocycles. The molecule has 3 N–H and O–H groups in total. The molecule has 0 radical (unpaired) electrons. The van der Waals surface area contributed by atoms with E-state index in [2.05, 4.69) is 43.7 Å². The number of H-pyrrole nitrogens is 1. The minimum Gasteiger partial charge on any atom is -0.495 e. The number of anilines is 1. The zero-order valence-corrected chi connectivity index (χ0v) is 17.1. The third-order valence-electron chi connectivity index (χ3n) is 4.88. The molecule has 4 rings (SSSR count). The zero-order chi connectivity index (χ0) is 19.0. The highest BCUT2D eigenvalue weighted by molar-refractivity contribution is 9.10. The Labute approximate surface area is 170 Å². The van der Waals surface area contributed by atoms with E-state index in [9.17, 15) is 4.79 Å². The van der Waals surface area contributed by atoms with Crippen LogP contribution in [0.15, 0.2) is 40.9 Å². The first-order chi connectivity index (χ1) is 13.0. The Hall–Kier alpha value is -2.18. The van der Waals surface area contributed by atoms with E-state index < -0.39 is 0 Å². The second kappa shape index (κ2) is 7.44. The summed E-state index contributed by atoms with van der Waals surface area (Å²) in [5.41, 5.74) is 4.10. The first-order valence-electron chi connectivity index (χ1n) is 8.76. The number of urea groups is 1. The predicted octanol–water partition coefficient (Wildman–Crippen LogP) is 5.79. The van der Waals surface area contributed by atoms with Gasteiger partial charge in [-0.25, -0.2) is 4.79 Å². The Balaban J connectivity index is 1.53. The molecule has 0 bridgehead atoms. The van der Waals surface area contributed by atoms with Crippen molar-refractivity contribution < 1.29 is 9.53 Å². The van der Waals surface area contributed by atoms with Crippen molar-refractivity contribution in [3.8, 4) is 5.75 Å². The molecule has 27 heavy (non-hydrogen) atoms. The summed E-state index contributed by atoms with van der Waals surface area (Å²) in [6, 6.07) is 11.1. The molecule has 1 heterocycles. The van der Waals surface area contributed by atoms with E-state index in [0.29, 0.717) is 16.5 Å². The van der Waals surface area contributed by atoms with Gasteiger partial charge in [0.1, 0.15) is 5.75 Å². The third kappa shape index (κ3) is 3.64. The highest BCUT2D eigenvalue weighted by atomic mass is 79.9. The van der Waals surface area contributed by atoms with Crippen LogP contribution < -0.4 is 15.4 Å². The monoisotopic (exact) mass is 447 g/mol. The topological polar surface area (TPSA) is 66.2 Å². The van der Waals surface area contributed by atoms with Crippen LogP contribution in [-0.2, 0) is 6.42 Å². The number of hydrogen-bond donors (Lipinski definition) is 3. The van der Waals surface area contributed by atoms with Gasteiger partial charge in [0.25, 0.3) is 0 Å². The van der Waals surface area contributed by atoms with Crippen molar-refractivity contribution >= 4 is 50.2 Å². The van der Waals surface area contributed by atoms with Gasteiger partial charge in [-0.05, 0) is 61.2 Å². The highest BCUT2D eigenvalue weighted by Crippen LogP contribution is 2.36. The van der Waals surface area contributed by atoms with Crippen molar-refractivity contribution in [2.45, 2.75) is 25.3 Å². The van der Waals surface area contributed by atoms with E-state index >= 15 is 0 Å². The molecule has 0 fully saturated rings. The summed E-state index contributed by atoms with van der Waals surface area (Å²) in [7, 11) is 1.56. The molecule has 1 atom stereocenters. The molecule has 1 unspecified atom stereocenters. The summed E-state index contributed by atoms with van der Waals surface area (Å²) in [5, 5.41) is 7.59. The maximum atomic E-state index is 12.5. The number of halogens is 2. The van der Waals surface area contributed by atoms with E-state index in [0.717, 1.165) is 34.9 Å². The van der Waals surface area contributed by atoms with E-state index in [4.69, 9.17) is 16.3 Å². The second-order valence-corrected chi connectivity index (χ2v) is 7.92. The number of ether oxygens (including phenoxy) is 1. The molecule has 140 valence electrons. The molecule has 0 aliphatic heterocycles. The summed E-state index contributed by atoms with van der Waals surface area (Å²) >= 11 is 9.66. The van der Waals surface area contributed by atoms with E-state index in [1.165, 1.54) is 10.9 Å². The molecule has 7 heteroatoms. The molecule has 0 saturated heterocycles. The summed E-state index contributed by atoms with van der Waals surface area (Å²) < 4.78 is 6.19. The second-order valence-electron chi connectivity index (χ2n) is 6.60. The summed E-state index contributed by atoms with van der Waals surface area (Å²) in [5.74, 6) is 0.573. The highest BCUT2D eigenvalue weighted by Gasteiger charge is 2.25. The first-order valence-corrected chi connectivity index (χ1v) is 9.93. The molecule has 2 amide bonds. The van der Waals surface area contributed by atoms with Crippen LogP contribution in [0.4, 0.5) is 10.5 Å². The van der Waals surface area contributed by atoms with Crippen LogP contribution in [0.25, 0.3) is 10.9 Å². The number of aromatic nitrogens is 1. The zero-order valence-electron chi connectivity index (χ0n) is 14.7. The lowest BCUT2D eigenvalue weighted by atomic mass is 9.92. The number of benzene rings is 2. The standard InChI is InChI=1S/C20H19BrClN3O2/c1-27-18-8-6-12(10-15(18)22)23-20(26)25-17-4-2-3-13-14-9-11(21)5-7-16(14)24-19(13)17/h5-10,17,24H,2-4H2,1H3,(H2,23,25,26). The van der Waals surface area contributed by atoms with Crippen molar-refractivity contribution in [2.24, 2.45) is 0 Å². The van der Waals surface area contributed by atoms with Gasteiger partial charge in [-0.3, -0.25) is 0 Å². The van der Waals surface area contributed by atoms with Crippen LogP contribution in [-0.4, -0.2) is 18.1 Å². The minimum atomic E-state index is -0.256. The smallest absolute Gasteiger partial charge is 0.319 e.